The molecule has 2 aromatic rings. The maximum absolute atomic E-state index is 13.5. The van der Waals surface area contributed by atoms with E-state index in [-0.39, 0.29) is 16.6 Å². The second kappa shape index (κ2) is 5.73. The lowest BCUT2D eigenvalue weighted by molar-refractivity contribution is -0.219. The molecule has 2 nitrogen and oxygen atoms in total. The molecule has 23 heavy (non-hydrogen) atoms. The average molecular weight is 359 g/mol. The molecule has 0 spiro atoms. The molecule has 10 heteroatoms. The molecule has 0 saturated heterocycles. The maximum Gasteiger partial charge on any atom is 0.426 e. The third-order valence-corrected chi connectivity index (χ3v) is 4.09. The Bertz CT molecular complexity index is 799. The van der Waals surface area contributed by atoms with Gasteiger partial charge in [-0.15, -0.1) is 0 Å². The van der Waals surface area contributed by atoms with Crippen LogP contribution in [0.3, 0.4) is 0 Å². The third kappa shape index (κ3) is 3.46. The number of benzene rings is 1. The van der Waals surface area contributed by atoms with E-state index in [0.717, 1.165) is 12.1 Å². The van der Waals surface area contributed by atoms with Crippen molar-refractivity contribution in [3.8, 4) is 0 Å². The number of hydrogen-bond acceptors (Lipinski definition) is 2. The van der Waals surface area contributed by atoms with Crippen LogP contribution < -0.4 is 5.43 Å². The van der Waals surface area contributed by atoms with Crippen LogP contribution in [0.1, 0.15) is 5.69 Å². The quantitative estimate of drug-likeness (QED) is 0.644. The van der Waals surface area contributed by atoms with Crippen molar-refractivity contribution in [2.45, 2.75) is 29.4 Å². The van der Waals surface area contributed by atoms with Crippen molar-refractivity contribution in [1.29, 1.82) is 0 Å². The Hall–Kier alpha value is -1.71. The van der Waals surface area contributed by atoms with Crippen molar-refractivity contribution < 1.29 is 30.7 Å². The molecular formula is C13H8F7NOS. The molecule has 1 aromatic heterocycles. The van der Waals surface area contributed by atoms with Crippen molar-refractivity contribution in [3.63, 3.8) is 0 Å². The molecule has 0 saturated carbocycles. The average Bonchev–Trinajstić information content (AvgIpc) is 2.42. The number of pyridine rings is 1. The third-order valence-electron chi connectivity index (χ3n) is 2.92. The van der Waals surface area contributed by atoms with E-state index < -0.39 is 45.5 Å². The van der Waals surface area contributed by atoms with Gasteiger partial charge in [0.2, 0.25) is 5.43 Å². The Labute approximate surface area is 128 Å². The number of H-pyrrole nitrogens is 1. The molecule has 0 amide bonds. The van der Waals surface area contributed by atoms with Gasteiger partial charge in [0.1, 0.15) is 5.82 Å². The van der Waals surface area contributed by atoms with E-state index in [2.05, 4.69) is 4.98 Å². The highest BCUT2D eigenvalue weighted by Gasteiger charge is 2.57. The summed E-state index contributed by atoms with van der Waals surface area (Å²) in [7, 11) is 0. The number of fused-ring (bicyclic) bond motifs is 1. The van der Waals surface area contributed by atoms with Gasteiger partial charge in [-0.25, -0.2) is 8.78 Å². The fraction of sp³-hybridized carbons (Fsp3) is 0.308. The van der Waals surface area contributed by atoms with E-state index in [1.165, 1.54) is 13.0 Å². The Morgan fingerprint density at radius 3 is 2.35 bits per heavy atom. The smallest absolute Gasteiger partial charge is 0.357 e. The molecule has 0 bridgehead atoms. The molecular weight excluding hydrogens is 351 g/mol. The minimum atomic E-state index is -5.78. The molecule has 0 unspecified atom stereocenters. The maximum atomic E-state index is 13.5. The Kier molecular flexibility index (Phi) is 4.40. The fourth-order valence-electron chi connectivity index (χ4n) is 1.87. The Morgan fingerprint density at radius 1 is 1.17 bits per heavy atom. The van der Waals surface area contributed by atoms with Crippen LogP contribution in [0.2, 0.25) is 0 Å². The zero-order valence-corrected chi connectivity index (χ0v) is 12.1. The first kappa shape index (κ1) is 17.6. The summed E-state index contributed by atoms with van der Waals surface area (Å²) in [6, 6.07) is 2.95. The zero-order valence-electron chi connectivity index (χ0n) is 11.3. The van der Waals surface area contributed by atoms with E-state index in [1.54, 1.807) is 0 Å². The van der Waals surface area contributed by atoms with Crippen LogP contribution in [0.25, 0.3) is 10.9 Å². The van der Waals surface area contributed by atoms with Crippen LogP contribution in [-0.4, -0.2) is 22.6 Å². The second-order valence-corrected chi connectivity index (χ2v) is 5.82. The molecule has 1 aromatic carbocycles. The first-order valence-electron chi connectivity index (χ1n) is 6.03. The number of aromatic nitrogens is 1. The largest absolute Gasteiger partial charge is 0.426 e. The van der Waals surface area contributed by atoms with Crippen molar-refractivity contribution in [2.75, 3.05) is 0 Å². The van der Waals surface area contributed by atoms with Gasteiger partial charge >= 0.3 is 11.4 Å². The summed E-state index contributed by atoms with van der Waals surface area (Å²) in [5.41, 5.74) is -1.16. The normalized spacial score (nSPS) is 14.3. The monoisotopic (exact) mass is 359 g/mol. The molecule has 1 N–H and O–H groups in total. The number of halogens is 7. The number of nitrogens with one attached hydrogen (secondary N) is 1. The van der Waals surface area contributed by atoms with Crippen LogP contribution in [-0.2, 0) is 0 Å². The summed E-state index contributed by atoms with van der Waals surface area (Å²) < 4.78 is 89.5. The van der Waals surface area contributed by atoms with Gasteiger partial charge in [-0.3, -0.25) is 4.79 Å². The summed E-state index contributed by atoms with van der Waals surface area (Å²) in [6.07, 6.45) is -10.2. The standard InChI is InChI=1S/C13H8F7NOS/c1-5-10(23-13(19,20)11(15)12(16,17)18)9(22)7-4-6(14)2-3-8(7)21-5/h2-4,11H,1H3,(H,21,22)/t11-/m1/s1. The first-order valence-corrected chi connectivity index (χ1v) is 6.85. The van der Waals surface area contributed by atoms with Gasteiger partial charge in [-0.05, 0) is 36.9 Å². The van der Waals surface area contributed by atoms with E-state index in [9.17, 15) is 35.5 Å². The Morgan fingerprint density at radius 2 is 1.78 bits per heavy atom. The van der Waals surface area contributed by atoms with Gasteiger partial charge in [0, 0.05) is 16.6 Å². The highest BCUT2D eigenvalue weighted by atomic mass is 32.2. The van der Waals surface area contributed by atoms with Crippen LogP contribution in [0, 0.1) is 12.7 Å². The lowest BCUT2D eigenvalue weighted by Crippen LogP contribution is -2.39. The summed E-state index contributed by atoms with van der Waals surface area (Å²) in [5, 5.41) is -5.23. The number of hydrogen-bond donors (Lipinski definition) is 1. The van der Waals surface area contributed by atoms with Crippen molar-refractivity contribution in [1.82, 2.24) is 4.98 Å². The molecule has 1 atom stereocenters. The van der Waals surface area contributed by atoms with Gasteiger partial charge < -0.3 is 4.98 Å². The molecule has 0 aliphatic rings. The van der Waals surface area contributed by atoms with Gasteiger partial charge in [-0.1, -0.05) is 0 Å². The van der Waals surface area contributed by atoms with E-state index in [1.807, 2.05) is 0 Å². The summed E-state index contributed by atoms with van der Waals surface area (Å²) in [5.74, 6) is -0.826. The second-order valence-electron chi connectivity index (χ2n) is 4.67. The van der Waals surface area contributed by atoms with Crippen molar-refractivity contribution >= 4 is 22.7 Å². The predicted octanol–water partition coefficient (Wildman–Crippen LogP) is 4.56. The van der Waals surface area contributed by atoms with Gasteiger partial charge in [0.05, 0.1) is 4.90 Å². The van der Waals surface area contributed by atoms with Crippen LogP contribution in [0.15, 0.2) is 27.9 Å². The van der Waals surface area contributed by atoms with E-state index >= 15 is 0 Å². The minimum Gasteiger partial charge on any atom is -0.357 e. The molecule has 0 fully saturated rings. The van der Waals surface area contributed by atoms with E-state index in [4.69, 9.17) is 0 Å². The number of alkyl halides is 6. The fourth-order valence-corrected chi connectivity index (χ4v) is 2.78. The Balaban J connectivity index is 2.54. The number of aryl methyl sites for hydroxylation is 1. The van der Waals surface area contributed by atoms with Gasteiger partial charge in [-0.2, -0.15) is 22.0 Å². The SMILES string of the molecule is Cc1[nH]c2ccc(F)cc2c(=O)c1SC(F)(F)[C@H](F)C(F)(F)F. The van der Waals surface area contributed by atoms with Gasteiger partial charge in [0.15, 0.2) is 0 Å². The van der Waals surface area contributed by atoms with Crippen molar-refractivity contribution in [2.24, 2.45) is 0 Å². The molecule has 126 valence electrons. The highest BCUT2D eigenvalue weighted by Crippen LogP contribution is 2.45. The summed E-state index contributed by atoms with van der Waals surface area (Å²) in [6.45, 7) is 1.17. The highest BCUT2D eigenvalue weighted by molar-refractivity contribution is 8.00. The summed E-state index contributed by atoms with van der Waals surface area (Å²) >= 11 is -0.840. The summed E-state index contributed by atoms with van der Waals surface area (Å²) in [4.78, 5) is 13.8. The molecule has 1 heterocycles. The molecule has 0 aliphatic heterocycles. The minimum absolute atomic E-state index is 0.120. The lowest BCUT2D eigenvalue weighted by atomic mass is 10.2. The number of rotatable bonds is 3. The van der Waals surface area contributed by atoms with Gasteiger partial charge in [0.25, 0.3) is 6.17 Å². The molecule has 2 rings (SSSR count). The van der Waals surface area contributed by atoms with Crippen LogP contribution in [0.5, 0.6) is 0 Å². The molecule has 0 radical (unpaired) electrons. The molecule has 0 aliphatic carbocycles. The lowest BCUT2D eigenvalue weighted by Gasteiger charge is -2.22. The predicted molar refractivity (Wildman–Crippen MR) is 71.0 cm³/mol. The van der Waals surface area contributed by atoms with E-state index in [0.29, 0.717) is 0 Å². The zero-order chi connectivity index (χ0) is 17.6. The number of aromatic amines is 1. The first-order chi connectivity index (χ1) is 10.4. The van der Waals surface area contributed by atoms with Crippen LogP contribution >= 0.6 is 11.8 Å². The van der Waals surface area contributed by atoms with Crippen LogP contribution in [0.4, 0.5) is 30.7 Å². The van der Waals surface area contributed by atoms with Crippen molar-refractivity contribution in [3.05, 3.63) is 39.9 Å². The topological polar surface area (TPSA) is 32.9 Å². The number of thioether (sulfide) groups is 1.